The van der Waals surface area contributed by atoms with Crippen molar-refractivity contribution < 1.29 is 14.0 Å². The Morgan fingerprint density at radius 1 is 1.80 bits per heavy atom. The second-order valence-corrected chi connectivity index (χ2v) is 3.92. The Bertz CT molecular complexity index is 130. The van der Waals surface area contributed by atoms with Crippen LogP contribution >= 0.6 is 20.0 Å². The summed E-state index contributed by atoms with van der Waals surface area (Å²) in [7, 11) is -3.49. The minimum absolute atomic E-state index is 0. The van der Waals surface area contributed by atoms with Crippen LogP contribution in [0.25, 0.3) is 0 Å². The Morgan fingerprint density at radius 3 is 2.30 bits per heavy atom. The van der Waals surface area contributed by atoms with Gasteiger partial charge < -0.3 is 15.2 Å². The Hall–Kier alpha value is 0.400. The van der Waals surface area contributed by atoms with E-state index in [0.717, 1.165) is 0 Å². The fraction of sp³-hybridized carbons (Fsp3) is 1.00. The van der Waals surface area contributed by atoms with Crippen LogP contribution < -0.4 is 5.73 Å². The number of rotatable bonds is 3. The van der Waals surface area contributed by atoms with Gasteiger partial charge in [0.15, 0.2) is 0 Å². The third-order valence-electron chi connectivity index (χ3n) is 0.829. The zero-order valence-electron chi connectivity index (χ0n) is 5.98. The largest absolute Gasteiger partial charge is 0.344 e. The van der Waals surface area contributed by atoms with E-state index in [-0.39, 0.29) is 19.0 Å². The van der Waals surface area contributed by atoms with E-state index >= 15 is 0 Å². The Balaban J connectivity index is 0. The molecule has 0 spiro atoms. The van der Waals surface area contributed by atoms with Crippen molar-refractivity contribution in [3.05, 3.63) is 0 Å². The first-order chi connectivity index (χ1) is 4.00. The lowest BCUT2D eigenvalue weighted by Gasteiger charge is -2.12. The van der Waals surface area contributed by atoms with Gasteiger partial charge in [-0.2, -0.15) is 0 Å². The van der Waals surface area contributed by atoms with E-state index in [1.54, 1.807) is 6.92 Å². The standard InChI is InChI=1S/C4H12NO3P.ClH/c1-3-8-9(6,7)4(2)5;/h4H,3,5H2,1-2H3,(H,6,7);1H. The highest BCUT2D eigenvalue weighted by Gasteiger charge is 2.23. The molecule has 0 aliphatic heterocycles. The molecule has 0 amide bonds. The second-order valence-electron chi connectivity index (χ2n) is 1.72. The van der Waals surface area contributed by atoms with Crippen molar-refractivity contribution in [1.29, 1.82) is 0 Å². The molecule has 0 radical (unpaired) electrons. The molecule has 3 N–H and O–H groups in total. The topological polar surface area (TPSA) is 72.5 Å². The summed E-state index contributed by atoms with van der Waals surface area (Å²) in [4.78, 5) is 8.80. The highest BCUT2D eigenvalue weighted by Crippen LogP contribution is 2.44. The predicted molar refractivity (Wildman–Crippen MR) is 42.3 cm³/mol. The summed E-state index contributed by atoms with van der Waals surface area (Å²) in [5, 5.41) is 0. The predicted octanol–water partition coefficient (Wildman–Crippen LogP) is 0.935. The molecule has 0 fully saturated rings. The molecule has 0 saturated carbocycles. The van der Waals surface area contributed by atoms with Crippen LogP contribution in [-0.2, 0) is 9.09 Å². The summed E-state index contributed by atoms with van der Waals surface area (Å²) in [5.41, 5.74) is 5.12. The molecule has 4 nitrogen and oxygen atoms in total. The van der Waals surface area contributed by atoms with Crippen LogP contribution in [0.15, 0.2) is 0 Å². The molecule has 0 aromatic carbocycles. The summed E-state index contributed by atoms with van der Waals surface area (Å²) < 4.78 is 15.2. The molecule has 0 heterocycles. The van der Waals surface area contributed by atoms with Gasteiger partial charge in [-0.05, 0) is 13.8 Å². The molecule has 0 aromatic rings. The van der Waals surface area contributed by atoms with Crippen LogP contribution in [-0.4, -0.2) is 17.3 Å². The van der Waals surface area contributed by atoms with Gasteiger partial charge in [0.2, 0.25) is 0 Å². The quantitative estimate of drug-likeness (QED) is 0.648. The first-order valence-electron chi connectivity index (χ1n) is 2.73. The smallest absolute Gasteiger partial charge is 0.323 e. The SMILES string of the molecule is CCOP(=O)(O)C(C)N.Cl. The van der Waals surface area contributed by atoms with Gasteiger partial charge >= 0.3 is 7.60 Å². The van der Waals surface area contributed by atoms with E-state index in [9.17, 15) is 4.57 Å². The molecule has 0 aromatic heterocycles. The Morgan fingerprint density at radius 2 is 2.20 bits per heavy atom. The average molecular weight is 190 g/mol. The van der Waals surface area contributed by atoms with E-state index in [0.29, 0.717) is 0 Å². The minimum Gasteiger partial charge on any atom is -0.323 e. The van der Waals surface area contributed by atoms with Gasteiger partial charge in [-0.15, -0.1) is 12.4 Å². The molecule has 6 heteroatoms. The molecule has 0 aliphatic rings. The van der Waals surface area contributed by atoms with Crippen LogP contribution in [0, 0.1) is 0 Å². The summed E-state index contributed by atoms with van der Waals surface area (Å²) in [6, 6.07) is 0. The van der Waals surface area contributed by atoms with Gasteiger partial charge in [-0.3, -0.25) is 4.57 Å². The van der Waals surface area contributed by atoms with Crippen LogP contribution in [0.5, 0.6) is 0 Å². The number of hydrogen-bond donors (Lipinski definition) is 2. The van der Waals surface area contributed by atoms with E-state index < -0.39 is 13.4 Å². The van der Waals surface area contributed by atoms with Gasteiger partial charge in [-0.25, -0.2) is 0 Å². The van der Waals surface area contributed by atoms with Crippen LogP contribution in [0.2, 0.25) is 0 Å². The van der Waals surface area contributed by atoms with Crippen molar-refractivity contribution in [2.45, 2.75) is 19.6 Å². The minimum atomic E-state index is -3.49. The van der Waals surface area contributed by atoms with Crippen LogP contribution in [0.4, 0.5) is 0 Å². The van der Waals surface area contributed by atoms with E-state index in [2.05, 4.69) is 4.52 Å². The summed E-state index contributed by atoms with van der Waals surface area (Å²) in [5.74, 6) is -0.794. The first kappa shape index (κ1) is 13.0. The molecule has 0 bridgehead atoms. The van der Waals surface area contributed by atoms with Crippen LogP contribution in [0.3, 0.4) is 0 Å². The highest BCUT2D eigenvalue weighted by molar-refractivity contribution is 7.53. The third kappa shape index (κ3) is 4.25. The Labute approximate surface area is 66.7 Å². The first-order valence-corrected chi connectivity index (χ1v) is 4.38. The Kier molecular flexibility index (Phi) is 6.65. The number of hydrogen-bond acceptors (Lipinski definition) is 3. The van der Waals surface area contributed by atoms with E-state index in [4.69, 9.17) is 10.6 Å². The molecular weight excluding hydrogens is 176 g/mol. The maximum atomic E-state index is 10.7. The van der Waals surface area contributed by atoms with Crippen molar-refractivity contribution in [3.8, 4) is 0 Å². The maximum absolute atomic E-state index is 10.7. The van der Waals surface area contributed by atoms with Gasteiger partial charge in [0.25, 0.3) is 0 Å². The average Bonchev–Trinajstić information content (AvgIpc) is 1.65. The summed E-state index contributed by atoms with van der Waals surface area (Å²) in [6.07, 6.45) is 0. The molecular formula is C4H13ClNO3P. The number of halogens is 1. The lowest BCUT2D eigenvalue weighted by Crippen LogP contribution is -2.16. The zero-order chi connectivity index (χ0) is 7.49. The highest BCUT2D eigenvalue weighted by atomic mass is 35.5. The zero-order valence-corrected chi connectivity index (χ0v) is 7.69. The van der Waals surface area contributed by atoms with Crippen molar-refractivity contribution in [2.24, 2.45) is 5.73 Å². The molecule has 2 atom stereocenters. The third-order valence-corrected chi connectivity index (χ3v) is 2.49. The van der Waals surface area contributed by atoms with Crippen molar-refractivity contribution in [2.75, 3.05) is 6.61 Å². The van der Waals surface area contributed by atoms with Gasteiger partial charge in [0.1, 0.15) is 5.78 Å². The normalized spacial score (nSPS) is 18.8. The monoisotopic (exact) mass is 189 g/mol. The molecule has 2 unspecified atom stereocenters. The van der Waals surface area contributed by atoms with Crippen molar-refractivity contribution in [3.63, 3.8) is 0 Å². The van der Waals surface area contributed by atoms with Gasteiger partial charge in [0.05, 0.1) is 6.61 Å². The molecule has 0 rings (SSSR count). The summed E-state index contributed by atoms with van der Waals surface area (Å²) in [6.45, 7) is 3.30. The fourth-order valence-electron chi connectivity index (χ4n) is 0.303. The lowest BCUT2D eigenvalue weighted by molar-refractivity contribution is 0.266. The molecule has 0 aliphatic carbocycles. The van der Waals surface area contributed by atoms with Gasteiger partial charge in [0, 0.05) is 0 Å². The van der Waals surface area contributed by atoms with Crippen molar-refractivity contribution in [1.82, 2.24) is 0 Å². The molecule has 10 heavy (non-hydrogen) atoms. The van der Waals surface area contributed by atoms with Gasteiger partial charge in [-0.1, -0.05) is 0 Å². The molecule has 64 valence electrons. The maximum Gasteiger partial charge on any atom is 0.344 e. The number of nitrogens with two attached hydrogens (primary N) is 1. The van der Waals surface area contributed by atoms with E-state index in [1.165, 1.54) is 6.92 Å². The second kappa shape index (κ2) is 5.10. The van der Waals surface area contributed by atoms with Crippen molar-refractivity contribution >= 4 is 20.0 Å². The fourth-order valence-corrected chi connectivity index (χ4v) is 0.908. The molecule has 0 saturated heterocycles. The van der Waals surface area contributed by atoms with E-state index in [1.807, 2.05) is 0 Å². The lowest BCUT2D eigenvalue weighted by atomic mass is 10.8. The van der Waals surface area contributed by atoms with Crippen LogP contribution in [0.1, 0.15) is 13.8 Å². The summed E-state index contributed by atoms with van der Waals surface area (Å²) >= 11 is 0.